The van der Waals surface area contributed by atoms with Gasteiger partial charge in [-0.05, 0) is 29.3 Å². The highest BCUT2D eigenvalue weighted by Crippen LogP contribution is 2.22. The van der Waals surface area contributed by atoms with Crippen LogP contribution in [0.4, 0.5) is 0 Å². The van der Waals surface area contributed by atoms with Crippen LogP contribution in [0.2, 0.25) is 0 Å². The average Bonchev–Trinajstić information content (AvgIpc) is 3.16. The van der Waals surface area contributed by atoms with E-state index in [1.54, 1.807) is 6.21 Å². The number of hydrogen-bond acceptors (Lipinski definition) is 3. The average molecular weight is 369 g/mol. The molecule has 1 aromatic heterocycles. The molecule has 138 valence electrons. The van der Waals surface area contributed by atoms with Crippen LogP contribution in [0.5, 0.6) is 5.75 Å². The summed E-state index contributed by atoms with van der Waals surface area (Å²) in [6.45, 7) is -0.101. The first kappa shape index (κ1) is 17.5. The number of carbonyl (C=O) groups is 1. The van der Waals surface area contributed by atoms with E-state index in [2.05, 4.69) is 27.6 Å². The maximum atomic E-state index is 11.9. The highest BCUT2D eigenvalue weighted by atomic mass is 16.5. The number of amides is 1. The lowest BCUT2D eigenvalue weighted by atomic mass is 10.1. The Balaban J connectivity index is 1.30. The molecule has 0 atom stereocenters. The number of fused-ring (bicyclic) bond motifs is 1. The van der Waals surface area contributed by atoms with Gasteiger partial charge >= 0.3 is 0 Å². The zero-order valence-corrected chi connectivity index (χ0v) is 15.1. The maximum Gasteiger partial charge on any atom is 0.277 e. The molecule has 5 heteroatoms. The number of rotatable bonds is 6. The quantitative estimate of drug-likeness (QED) is 0.392. The molecule has 1 amide bonds. The van der Waals surface area contributed by atoms with E-state index in [0.29, 0.717) is 5.75 Å². The van der Waals surface area contributed by atoms with Crippen molar-refractivity contribution in [3.05, 3.63) is 90.6 Å². The first-order chi connectivity index (χ1) is 13.8. The van der Waals surface area contributed by atoms with Crippen molar-refractivity contribution in [2.45, 2.75) is 0 Å². The van der Waals surface area contributed by atoms with Gasteiger partial charge in [0.1, 0.15) is 5.75 Å². The number of carbonyl (C=O) groups excluding carboxylic acids is 1. The Morgan fingerprint density at radius 3 is 2.46 bits per heavy atom. The Kier molecular flexibility index (Phi) is 5.15. The van der Waals surface area contributed by atoms with Gasteiger partial charge in [0.25, 0.3) is 5.91 Å². The Morgan fingerprint density at radius 2 is 1.64 bits per heavy atom. The summed E-state index contributed by atoms with van der Waals surface area (Å²) in [5, 5.41) is 5.06. The van der Waals surface area contributed by atoms with Crippen molar-refractivity contribution in [1.29, 1.82) is 0 Å². The summed E-state index contributed by atoms with van der Waals surface area (Å²) in [4.78, 5) is 15.1. The molecule has 0 saturated heterocycles. The summed E-state index contributed by atoms with van der Waals surface area (Å²) in [7, 11) is 0. The molecule has 0 spiro atoms. The fourth-order valence-corrected chi connectivity index (χ4v) is 2.93. The molecule has 28 heavy (non-hydrogen) atoms. The summed E-state index contributed by atoms with van der Waals surface area (Å²) in [5.74, 6) is 0.318. The van der Waals surface area contributed by atoms with E-state index in [1.165, 1.54) is 0 Å². The molecule has 4 aromatic rings. The second-order valence-electron chi connectivity index (χ2n) is 6.26. The molecule has 5 nitrogen and oxygen atoms in total. The van der Waals surface area contributed by atoms with Crippen molar-refractivity contribution >= 4 is 23.0 Å². The van der Waals surface area contributed by atoms with Crippen molar-refractivity contribution in [1.82, 2.24) is 10.4 Å². The van der Waals surface area contributed by atoms with Gasteiger partial charge in [0.2, 0.25) is 0 Å². The third kappa shape index (κ3) is 4.10. The Labute approximate surface area is 162 Å². The molecule has 0 aliphatic carbocycles. The number of hydrogen-bond donors (Lipinski definition) is 2. The molecule has 4 rings (SSSR count). The molecular weight excluding hydrogens is 350 g/mol. The molecule has 0 saturated carbocycles. The topological polar surface area (TPSA) is 66.5 Å². The van der Waals surface area contributed by atoms with Gasteiger partial charge in [0.15, 0.2) is 6.61 Å². The fourth-order valence-electron chi connectivity index (χ4n) is 2.93. The molecule has 0 bridgehead atoms. The first-order valence-corrected chi connectivity index (χ1v) is 8.96. The molecular formula is C23H19N3O2. The minimum Gasteiger partial charge on any atom is -0.484 e. The maximum absolute atomic E-state index is 11.9. The molecule has 0 radical (unpaired) electrons. The normalized spacial score (nSPS) is 11.0. The summed E-state index contributed by atoms with van der Waals surface area (Å²) in [6.07, 6.45) is 3.47. The minimum absolute atomic E-state index is 0.101. The second kappa shape index (κ2) is 8.22. The highest BCUT2D eigenvalue weighted by molar-refractivity contribution is 5.99. The van der Waals surface area contributed by atoms with Gasteiger partial charge < -0.3 is 9.72 Å². The molecule has 1 heterocycles. The number of hydrazone groups is 1. The number of benzene rings is 3. The first-order valence-electron chi connectivity index (χ1n) is 8.96. The van der Waals surface area contributed by atoms with E-state index in [4.69, 9.17) is 4.74 Å². The minimum atomic E-state index is -0.316. The summed E-state index contributed by atoms with van der Waals surface area (Å²) in [6, 6.07) is 25.6. The van der Waals surface area contributed by atoms with Crippen molar-refractivity contribution in [3.63, 3.8) is 0 Å². The van der Waals surface area contributed by atoms with Gasteiger partial charge in [-0.2, -0.15) is 5.10 Å². The Bertz CT molecular complexity index is 1100. The molecule has 0 aliphatic heterocycles. The number of aromatic nitrogens is 1. The van der Waals surface area contributed by atoms with Crippen LogP contribution < -0.4 is 10.2 Å². The van der Waals surface area contributed by atoms with E-state index in [9.17, 15) is 4.79 Å². The summed E-state index contributed by atoms with van der Waals surface area (Å²) < 4.78 is 5.52. The van der Waals surface area contributed by atoms with E-state index < -0.39 is 0 Å². The number of nitrogens with one attached hydrogen (secondary N) is 2. The third-order valence-corrected chi connectivity index (χ3v) is 4.35. The Hall–Kier alpha value is -3.86. The fraction of sp³-hybridized carbons (Fsp3) is 0.0435. The number of nitrogens with zero attached hydrogens (tertiary/aromatic N) is 1. The number of H-pyrrole nitrogens is 1. The number of aromatic amines is 1. The monoisotopic (exact) mass is 369 g/mol. The van der Waals surface area contributed by atoms with Crippen LogP contribution in [0.25, 0.3) is 22.0 Å². The number of para-hydroxylation sites is 1. The standard InChI is InChI=1S/C23H19N3O2/c27-23(26-25-15-19-14-24-22-9-5-4-8-21(19)22)16-28-20-12-10-18(11-13-20)17-6-2-1-3-7-17/h1-15,24H,16H2,(H,26,27)/b25-15+. The van der Waals surface area contributed by atoms with E-state index in [1.807, 2.05) is 72.9 Å². The lowest BCUT2D eigenvalue weighted by molar-refractivity contribution is -0.123. The largest absolute Gasteiger partial charge is 0.484 e. The second-order valence-corrected chi connectivity index (χ2v) is 6.26. The zero-order chi connectivity index (χ0) is 19.2. The van der Waals surface area contributed by atoms with Gasteiger partial charge in [0.05, 0.1) is 6.21 Å². The predicted octanol–water partition coefficient (Wildman–Crippen LogP) is 4.36. The van der Waals surface area contributed by atoms with Crippen molar-refractivity contribution in [2.24, 2.45) is 5.10 Å². The van der Waals surface area contributed by atoms with Gasteiger partial charge in [-0.15, -0.1) is 0 Å². The molecule has 3 aromatic carbocycles. The van der Waals surface area contributed by atoms with Crippen molar-refractivity contribution in [3.8, 4) is 16.9 Å². The van der Waals surface area contributed by atoms with Gasteiger partial charge in [-0.1, -0.05) is 60.7 Å². The van der Waals surface area contributed by atoms with Crippen LogP contribution in [-0.4, -0.2) is 23.7 Å². The molecule has 0 unspecified atom stereocenters. The lowest BCUT2D eigenvalue weighted by Gasteiger charge is -2.06. The SMILES string of the molecule is O=C(COc1ccc(-c2ccccc2)cc1)N/N=C/c1c[nH]c2ccccc12. The Morgan fingerprint density at radius 1 is 0.929 bits per heavy atom. The van der Waals surface area contributed by atoms with Gasteiger partial charge in [0, 0.05) is 22.7 Å². The highest BCUT2D eigenvalue weighted by Gasteiger charge is 2.03. The van der Waals surface area contributed by atoms with Crippen LogP contribution in [0.15, 0.2) is 90.2 Å². The van der Waals surface area contributed by atoms with Crippen LogP contribution in [0.1, 0.15) is 5.56 Å². The smallest absolute Gasteiger partial charge is 0.277 e. The van der Waals surface area contributed by atoms with E-state index in [-0.39, 0.29) is 12.5 Å². The van der Waals surface area contributed by atoms with Gasteiger partial charge in [-0.25, -0.2) is 5.43 Å². The zero-order valence-electron chi connectivity index (χ0n) is 15.1. The van der Waals surface area contributed by atoms with E-state index in [0.717, 1.165) is 27.6 Å². The van der Waals surface area contributed by atoms with Gasteiger partial charge in [-0.3, -0.25) is 4.79 Å². The van der Waals surface area contributed by atoms with Crippen LogP contribution >= 0.6 is 0 Å². The van der Waals surface area contributed by atoms with Crippen molar-refractivity contribution in [2.75, 3.05) is 6.61 Å². The summed E-state index contributed by atoms with van der Waals surface area (Å²) >= 11 is 0. The van der Waals surface area contributed by atoms with Crippen molar-refractivity contribution < 1.29 is 9.53 Å². The molecule has 0 fully saturated rings. The lowest BCUT2D eigenvalue weighted by Crippen LogP contribution is -2.24. The molecule has 0 aliphatic rings. The summed E-state index contributed by atoms with van der Waals surface area (Å²) in [5.41, 5.74) is 6.66. The third-order valence-electron chi connectivity index (χ3n) is 4.35. The number of ether oxygens (including phenoxy) is 1. The van der Waals surface area contributed by atoms with Crippen LogP contribution in [0, 0.1) is 0 Å². The van der Waals surface area contributed by atoms with Crippen LogP contribution in [-0.2, 0) is 4.79 Å². The predicted molar refractivity (Wildman–Crippen MR) is 111 cm³/mol. The molecule has 2 N–H and O–H groups in total. The van der Waals surface area contributed by atoms with E-state index >= 15 is 0 Å². The van der Waals surface area contributed by atoms with Crippen LogP contribution in [0.3, 0.4) is 0 Å².